The maximum Gasteiger partial charge on any atom is 0.146 e. The minimum atomic E-state index is 0.524. The van der Waals surface area contributed by atoms with Gasteiger partial charge in [-0.3, -0.25) is 9.80 Å². The average molecular weight is 364 g/mol. The lowest BCUT2D eigenvalue weighted by molar-refractivity contribution is 0.0326. The highest BCUT2D eigenvalue weighted by Crippen LogP contribution is 2.29. The summed E-state index contributed by atoms with van der Waals surface area (Å²) in [7, 11) is 2.15. The maximum atomic E-state index is 5.45. The van der Waals surface area contributed by atoms with Crippen LogP contribution in [0.25, 0.3) is 0 Å². The van der Waals surface area contributed by atoms with E-state index in [2.05, 4.69) is 45.5 Å². The third kappa shape index (κ3) is 4.84. The van der Waals surface area contributed by atoms with E-state index in [4.69, 9.17) is 4.74 Å². The molecule has 2 fully saturated rings. The predicted octanol–water partition coefficient (Wildman–Crippen LogP) is 2.80. The molecule has 26 heavy (non-hydrogen) atoms. The second-order valence-electron chi connectivity index (χ2n) is 7.99. The molecule has 0 saturated carbocycles. The first kappa shape index (κ1) is 19.8. The Labute approximate surface area is 158 Å². The molecule has 2 saturated heterocycles. The number of rotatable bonds is 8. The molecule has 1 aromatic heterocycles. The summed E-state index contributed by atoms with van der Waals surface area (Å²) in [5, 5.41) is 9.16. The van der Waals surface area contributed by atoms with Crippen molar-refractivity contribution < 1.29 is 4.74 Å². The molecule has 2 aliphatic rings. The molecular weight excluding hydrogens is 326 g/mol. The molecule has 3 rings (SSSR count). The highest BCUT2D eigenvalue weighted by atomic mass is 16.5. The van der Waals surface area contributed by atoms with Crippen LogP contribution in [0, 0.1) is 0 Å². The van der Waals surface area contributed by atoms with Crippen molar-refractivity contribution in [1.29, 1.82) is 0 Å². The van der Waals surface area contributed by atoms with Crippen LogP contribution in [0.5, 0.6) is 0 Å². The Morgan fingerprint density at radius 2 is 1.81 bits per heavy atom. The Hall–Kier alpha value is -0.980. The molecule has 0 spiro atoms. The molecule has 0 aromatic carbocycles. The van der Waals surface area contributed by atoms with Crippen molar-refractivity contribution in [2.75, 3.05) is 39.4 Å². The van der Waals surface area contributed by atoms with E-state index < -0.39 is 0 Å². The molecular formula is C20H37N5O. The Bertz CT molecular complexity index is 534. The topological polar surface area (TPSA) is 46.4 Å². The summed E-state index contributed by atoms with van der Waals surface area (Å²) in [5.41, 5.74) is 0. The van der Waals surface area contributed by atoms with Crippen LogP contribution in [0.15, 0.2) is 0 Å². The Morgan fingerprint density at radius 1 is 1.08 bits per heavy atom. The zero-order valence-electron chi connectivity index (χ0n) is 17.0. The normalized spacial score (nSPS) is 23.0. The van der Waals surface area contributed by atoms with Crippen LogP contribution >= 0.6 is 0 Å². The van der Waals surface area contributed by atoms with Crippen molar-refractivity contribution in [3.05, 3.63) is 11.6 Å². The van der Waals surface area contributed by atoms with Gasteiger partial charge in [-0.15, -0.1) is 10.2 Å². The predicted molar refractivity (Wildman–Crippen MR) is 104 cm³/mol. The number of hydrogen-bond donors (Lipinski definition) is 0. The van der Waals surface area contributed by atoms with E-state index in [0.29, 0.717) is 5.92 Å². The largest absolute Gasteiger partial charge is 0.379 e. The van der Waals surface area contributed by atoms with E-state index >= 15 is 0 Å². The van der Waals surface area contributed by atoms with Crippen molar-refractivity contribution in [3.63, 3.8) is 0 Å². The van der Waals surface area contributed by atoms with Gasteiger partial charge >= 0.3 is 0 Å². The number of morpholine rings is 1. The number of likely N-dealkylation sites (tertiary alicyclic amines) is 1. The second-order valence-corrected chi connectivity index (χ2v) is 7.99. The molecule has 0 radical (unpaired) electrons. The highest BCUT2D eigenvalue weighted by Gasteiger charge is 2.29. The zero-order valence-corrected chi connectivity index (χ0v) is 17.0. The van der Waals surface area contributed by atoms with E-state index in [1.807, 2.05) is 0 Å². The van der Waals surface area contributed by atoms with Gasteiger partial charge in [-0.05, 0) is 32.2 Å². The van der Waals surface area contributed by atoms with Crippen molar-refractivity contribution in [1.82, 2.24) is 24.6 Å². The molecule has 1 atom stereocenters. The molecule has 1 aromatic rings. The van der Waals surface area contributed by atoms with Crippen LogP contribution in [0.1, 0.15) is 69.9 Å². The number of aromatic nitrogens is 3. The average Bonchev–Trinajstić information content (AvgIpc) is 3.03. The summed E-state index contributed by atoms with van der Waals surface area (Å²) >= 11 is 0. The molecule has 148 valence electrons. The van der Waals surface area contributed by atoms with E-state index in [-0.39, 0.29) is 0 Å². The van der Waals surface area contributed by atoms with Crippen LogP contribution in [0.4, 0.5) is 0 Å². The van der Waals surface area contributed by atoms with Gasteiger partial charge in [-0.25, -0.2) is 0 Å². The van der Waals surface area contributed by atoms with E-state index in [9.17, 15) is 0 Å². The molecule has 0 aliphatic carbocycles. The summed E-state index contributed by atoms with van der Waals surface area (Å²) in [4.78, 5) is 5.15. The molecule has 6 heteroatoms. The van der Waals surface area contributed by atoms with Crippen LogP contribution in [0.2, 0.25) is 0 Å². The molecule has 2 aliphatic heterocycles. The van der Waals surface area contributed by atoms with Crippen molar-refractivity contribution in [3.8, 4) is 0 Å². The van der Waals surface area contributed by atoms with Crippen LogP contribution in [-0.4, -0.2) is 70.0 Å². The Kier molecular flexibility index (Phi) is 7.46. The molecule has 0 bridgehead atoms. The molecule has 0 unspecified atom stereocenters. The first-order chi connectivity index (χ1) is 12.7. The summed E-state index contributed by atoms with van der Waals surface area (Å²) < 4.78 is 7.71. The van der Waals surface area contributed by atoms with Gasteiger partial charge in [-0.2, -0.15) is 0 Å². The lowest BCUT2D eigenvalue weighted by Gasteiger charge is -2.38. The van der Waals surface area contributed by atoms with Crippen molar-refractivity contribution in [2.24, 2.45) is 7.05 Å². The number of hydrogen-bond acceptors (Lipinski definition) is 5. The van der Waals surface area contributed by atoms with E-state index in [1.54, 1.807) is 0 Å². The minimum Gasteiger partial charge on any atom is -0.379 e. The fourth-order valence-electron chi connectivity index (χ4n) is 4.55. The molecule has 0 amide bonds. The lowest BCUT2D eigenvalue weighted by Crippen LogP contribution is -2.42. The zero-order chi connectivity index (χ0) is 18.4. The molecule has 6 nitrogen and oxygen atoms in total. The standard InChI is InChI=1S/C20H37N5O/c1-4-7-18(8-5-2)25-10-6-9-17(15-25)20-22-21-19(23(20)3)16-24-11-13-26-14-12-24/h17-18H,4-16H2,1-3H3/t17-/m1/s1. The van der Waals surface area contributed by atoms with Gasteiger partial charge in [0.15, 0.2) is 0 Å². The van der Waals surface area contributed by atoms with Crippen molar-refractivity contribution in [2.45, 2.75) is 70.9 Å². The summed E-state index contributed by atoms with van der Waals surface area (Å²) in [6, 6.07) is 0.744. The fourth-order valence-corrected chi connectivity index (χ4v) is 4.55. The SMILES string of the molecule is CCCC(CCC)N1CCC[C@@H](c2nnc(CN3CCOCC3)n2C)C1. The van der Waals surface area contributed by atoms with E-state index in [0.717, 1.165) is 51.3 Å². The Balaban J connectivity index is 1.64. The Morgan fingerprint density at radius 3 is 2.50 bits per heavy atom. The second kappa shape index (κ2) is 9.81. The van der Waals surface area contributed by atoms with Crippen LogP contribution < -0.4 is 0 Å². The van der Waals surface area contributed by atoms with Gasteiger partial charge in [0.05, 0.1) is 19.8 Å². The lowest BCUT2D eigenvalue weighted by atomic mass is 9.93. The first-order valence-corrected chi connectivity index (χ1v) is 10.6. The smallest absolute Gasteiger partial charge is 0.146 e. The summed E-state index contributed by atoms with van der Waals surface area (Å²) in [5.74, 6) is 2.80. The van der Waals surface area contributed by atoms with Gasteiger partial charge in [-0.1, -0.05) is 26.7 Å². The van der Waals surface area contributed by atoms with Gasteiger partial charge < -0.3 is 9.30 Å². The third-order valence-electron chi connectivity index (χ3n) is 6.05. The van der Waals surface area contributed by atoms with E-state index in [1.165, 1.54) is 50.9 Å². The maximum absolute atomic E-state index is 5.45. The summed E-state index contributed by atoms with van der Waals surface area (Å²) in [6.45, 7) is 11.6. The van der Waals surface area contributed by atoms with Gasteiger partial charge in [0.2, 0.25) is 0 Å². The highest BCUT2D eigenvalue weighted by molar-refractivity contribution is 5.04. The summed E-state index contributed by atoms with van der Waals surface area (Å²) in [6.07, 6.45) is 7.72. The van der Waals surface area contributed by atoms with Crippen LogP contribution in [-0.2, 0) is 18.3 Å². The third-order valence-corrected chi connectivity index (χ3v) is 6.05. The number of piperidine rings is 1. The fraction of sp³-hybridized carbons (Fsp3) is 0.900. The van der Waals surface area contributed by atoms with Gasteiger partial charge in [0.25, 0.3) is 0 Å². The van der Waals surface area contributed by atoms with Crippen molar-refractivity contribution >= 4 is 0 Å². The quantitative estimate of drug-likeness (QED) is 0.711. The molecule has 0 N–H and O–H groups in total. The van der Waals surface area contributed by atoms with Gasteiger partial charge in [0.1, 0.15) is 11.6 Å². The number of nitrogens with zero attached hydrogens (tertiary/aromatic N) is 5. The molecule has 3 heterocycles. The first-order valence-electron chi connectivity index (χ1n) is 10.6. The van der Waals surface area contributed by atoms with Gasteiger partial charge in [0, 0.05) is 38.6 Å². The monoisotopic (exact) mass is 363 g/mol. The minimum absolute atomic E-state index is 0.524. The van der Waals surface area contributed by atoms with Crippen LogP contribution in [0.3, 0.4) is 0 Å². The number of ether oxygens (including phenoxy) is 1.